The lowest BCUT2D eigenvalue weighted by Crippen LogP contribution is -3.14. The molecule has 1 aromatic carbocycles. The highest BCUT2D eigenvalue weighted by molar-refractivity contribution is 5.32. The van der Waals surface area contributed by atoms with Crippen molar-refractivity contribution in [3.8, 4) is 11.5 Å². The average molecular weight is 280 g/mol. The van der Waals surface area contributed by atoms with Gasteiger partial charge in [-0.05, 0) is 30.9 Å². The van der Waals surface area contributed by atoms with Crippen LogP contribution in [0.5, 0.6) is 11.5 Å². The second-order valence-electron chi connectivity index (χ2n) is 5.78. The van der Waals surface area contributed by atoms with E-state index in [9.17, 15) is 5.11 Å². The summed E-state index contributed by atoms with van der Waals surface area (Å²) >= 11 is 0. The van der Waals surface area contributed by atoms with Crippen molar-refractivity contribution >= 4 is 0 Å². The summed E-state index contributed by atoms with van der Waals surface area (Å²) in [4.78, 5) is 1.49. The number of likely N-dealkylation sites (tertiary alicyclic amines) is 1. The predicted molar refractivity (Wildman–Crippen MR) is 78.5 cm³/mol. The van der Waals surface area contributed by atoms with Crippen LogP contribution in [0.25, 0.3) is 0 Å². The number of aliphatic hydroxyl groups excluding tert-OH is 1. The molecule has 0 amide bonds. The van der Waals surface area contributed by atoms with Gasteiger partial charge in [0.1, 0.15) is 30.8 Å². The first-order chi connectivity index (χ1) is 9.67. The summed E-state index contributed by atoms with van der Waals surface area (Å²) in [6.07, 6.45) is 2.11. The van der Waals surface area contributed by atoms with Crippen LogP contribution in [-0.4, -0.2) is 44.6 Å². The molecule has 20 heavy (non-hydrogen) atoms. The fourth-order valence-corrected chi connectivity index (χ4v) is 2.65. The van der Waals surface area contributed by atoms with Crippen molar-refractivity contribution in [3.63, 3.8) is 0 Å². The molecule has 0 aromatic heterocycles. The van der Waals surface area contributed by atoms with Crippen molar-refractivity contribution < 1.29 is 19.5 Å². The van der Waals surface area contributed by atoms with E-state index < -0.39 is 6.10 Å². The Labute approximate surface area is 121 Å². The van der Waals surface area contributed by atoms with E-state index >= 15 is 0 Å². The summed E-state index contributed by atoms with van der Waals surface area (Å²) < 4.78 is 10.8. The number of quaternary nitrogens is 1. The first kappa shape index (κ1) is 15.1. The van der Waals surface area contributed by atoms with E-state index in [1.165, 1.54) is 17.7 Å². The number of methoxy groups -OCH3 is 1. The Morgan fingerprint density at radius 3 is 2.70 bits per heavy atom. The summed E-state index contributed by atoms with van der Waals surface area (Å²) in [6, 6.07) is 7.48. The van der Waals surface area contributed by atoms with Crippen molar-refractivity contribution in [1.29, 1.82) is 0 Å². The maximum Gasteiger partial charge on any atom is 0.137 e. The molecular weight excluding hydrogens is 254 g/mol. The van der Waals surface area contributed by atoms with E-state index in [1.54, 1.807) is 7.11 Å². The number of nitrogens with one attached hydrogen (secondary N) is 1. The molecule has 2 N–H and O–H groups in total. The average Bonchev–Trinajstić information content (AvgIpc) is 2.48. The number of ether oxygens (including phenoxy) is 2. The molecule has 1 aliphatic heterocycles. The number of rotatable bonds is 6. The van der Waals surface area contributed by atoms with Crippen LogP contribution in [-0.2, 0) is 0 Å². The molecule has 1 fully saturated rings. The summed E-state index contributed by atoms with van der Waals surface area (Å²) in [7, 11) is 1.63. The van der Waals surface area contributed by atoms with Gasteiger partial charge in [0.15, 0.2) is 0 Å². The van der Waals surface area contributed by atoms with Crippen LogP contribution < -0.4 is 14.4 Å². The molecule has 0 spiro atoms. The summed E-state index contributed by atoms with van der Waals surface area (Å²) in [5.74, 6) is 2.35. The zero-order valence-electron chi connectivity index (χ0n) is 12.5. The second kappa shape index (κ2) is 7.50. The van der Waals surface area contributed by atoms with Gasteiger partial charge in [-0.25, -0.2) is 0 Å². The van der Waals surface area contributed by atoms with Gasteiger partial charge in [-0.3, -0.25) is 0 Å². The van der Waals surface area contributed by atoms with Gasteiger partial charge in [0.2, 0.25) is 0 Å². The number of hydrogen-bond donors (Lipinski definition) is 2. The molecule has 1 aromatic rings. The van der Waals surface area contributed by atoms with E-state index in [4.69, 9.17) is 9.47 Å². The fourth-order valence-electron chi connectivity index (χ4n) is 2.65. The third-order valence-electron chi connectivity index (χ3n) is 3.99. The van der Waals surface area contributed by atoms with Gasteiger partial charge in [-0.1, -0.05) is 13.0 Å². The van der Waals surface area contributed by atoms with E-state index in [0.29, 0.717) is 6.61 Å². The van der Waals surface area contributed by atoms with Crippen molar-refractivity contribution in [2.75, 3.05) is 33.4 Å². The third kappa shape index (κ3) is 4.69. The Morgan fingerprint density at radius 1 is 1.30 bits per heavy atom. The summed E-state index contributed by atoms with van der Waals surface area (Å²) in [6.45, 7) is 5.75. The molecule has 0 bridgehead atoms. The van der Waals surface area contributed by atoms with Crippen molar-refractivity contribution in [2.45, 2.75) is 25.9 Å². The first-order valence-electron chi connectivity index (χ1n) is 7.46. The zero-order valence-corrected chi connectivity index (χ0v) is 12.5. The Bertz CT molecular complexity index is 402. The highest BCUT2D eigenvalue weighted by Crippen LogP contribution is 2.18. The Balaban J connectivity index is 1.73. The van der Waals surface area contributed by atoms with Gasteiger partial charge >= 0.3 is 0 Å². The topological polar surface area (TPSA) is 43.1 Å². The molecule has 1 atom stereocenters. The summed E-state index contributed by atoms with van der Waals surface area (Å²) in [5, 5.41) is 10.1. The SMILES string of the molecule is COc1cccc(OC[C@@H](O)C[NH+]2CCC(C)CC2)c1. The molecule has 4 heteroatoms. The lowest BCUT2D eigenvalue weighted by atomic mass is 9.99. The van der Waals surface area contributed by atoms with Crippen molar-refractivity contribution in [3.05, 3.63) is 24.3 Å². The molecule has 4 nitrogen and oxygen atoms in total. The second-order valence-corrected chi connectivity index (χ2v) is 5.78. The molecule has 0 aliphatic carbocycles. The first-order valence-corrected chi connectivity index (χ1v) is 7.46. The van der Waals surface area contributed by atoms with E-state index in [2.05, 4.69) is 6.92 Å². The molecule has 112 valence electrons. The number of hydrogen-bond acceptors (Lipinski definition) is 3. The van der Waals surface area contributed by atoms with Gasteiger partial charge in [0, 0.05) is 6.07 Å². The van der Waals surface area contributed by atoms with E-state index in [1.807, 2.05) is 24.3 Å². The fraction of sp³-hybridized carbons (Fsp3) is 0.625. The molecule has 1 saturated heterocycles. The van der Waals surface area contributed by atoms with Crippen LogP contribution in [0.3, 0.4) is 0 Å². The maximum atomic E-state index is 10.1. The monoisotopic (exact) mass is 280 g/mol. The predicted octanol–water partition coefficient (Wildman–Crippen LogP) is 0.750. The van der Waals surface area contributed by atoms with Gasteiger partial charge in [0.25, 0.3) is 0 Å². The van der Waals surface area contributed by atoms with Crippen molar-refractivity contribution in [1.82, 2.24) is 0 Å². The number of benzene rings is 1. The van der Waals surface area contributed by atoms with Gasteiger partial charge < -0.3 is 19.5 Å². The van der Waals surface area contributed by atoms with E-state index in [-0.39, 0.29) is 0 Å². The Hall–Kier alpha value is -1.26. The molecule has 1 aliphatic rings. The summed E-state index contributed by atoms with van der Waals surface area (Å²) in [5.41, 5.74) is 0. The number of piperidine rings is 1. The minimum atomic E-state index is -0.412. The molecule has 0 radical (unpaired) electrons. The molecule has 0 unspecified atom stereocenters. The molecule has 2 rings (SSSR count). The van der Waals surface area contributed by atoms with Crippen molar-refractivity contribution in [2.24, 2.45) is 5.92 Å². The molecule has 0 saturated carbocycles. The Kier molecular flexibility index (Phi) is 5.68. The standard InChI is InChI=1S/C16H25NO3/c1-13-6-8-17(9-7-13)11-14(18)12-20-16-5-3-4-15(10-16)19-2/h3-5,10,13-14,18H,6-9,11-12H2,1-2H3/p+1/t14-/m0/s1. The minimum absolute atomic E-state index is 0.340. The van der Waals surface area contributed by atoms with Gasteiger partial charge in [-0.15, -0.1) is 0 Å². The number of aliphatic hydroxyl groups is 1. The Morgan fingerprint density at radius 2 is 2.00 bits per heavy atom. The quantitative estimate of drug-likeness (QED) is 0.808. The van der Waals surface area contributed by atoms with Gasteiger partial charge in [0.05, 0.1) is 20.2 Å². The highest BCUT2D eigenvalue weighted by Gasteiger charge is 2.21. The van der Waals surface area contributed by atoms with Crippen LogP contribution >= 0.6 is 0 Å². The largest absolute Gasteiger partial charge is 0.497 e. The van der Waals surface area contributed by atoms with Gasteiger partial charge in [-0.2, -0.15) is 0 Å². The lowest BCUT2D eigenvalue weighted by molar-refractivity contribution is -0.909. The highest BCUT2D eigenvalue weighted by atomic mass is 16.5. The van der Waals surface area contributed by atoms with Crippen LogP contribution in [0, 0.1) is 5.92 Å². The molecule has 1 heterocycles. The third-order valence-corrected chi connectivity index (χ3v) is 3.99. The van der Waals surface area contributed by atoms with Crippen LogP contribution in [0.1, 0.15) is 19.8 Å². The molecular formula is C16H26NO3+. The lowest BCUT2D eigenvalue weighted by Gasteiger charge is -2.28. The van der Waals surface area contributed by atoms with Crippen LogP contribution in [0.2, 0.25) is 0 Å². The normalized spacial score (nSPS) is 24.1. The zero-order chi connectivity index (χ0) is 14.4. The van der Waals surface area contributed by atoms with E-state index in [0.717, 1.165) is 37.1 Å². The maximum absolute atomic E-state index is 10.1. The minimum Gasteiger partial charge on any atom is -0.497 e. The van der Waals surface area contributed by atoms with Crippen LogP contribution in [0.4, 0.5) is 0 Å². The smallest absolute Gasteiger partial charge is 0.137 e. The van der Waals surface area contributed by atoms with Crippen LogP contribution in [0.15, 0.2) is 24.3 Å².